The molecule has 0 unspecified atom stereocenters. The number of amides is 1. The van der Waals surface area contributed by atoms with E-state index in [0.717, 1.165) is 31.2 Å². The van der Waals surface area contributed by atoms with Crippen molar-refractivity contribution in [2.45, 2.75) is 50.5 Å². The molecule has 0 radical (unpaired) electrons. The monoisotopic (exact) mass is 390 g/mol. The first kappa shape index (κ1) is 19.6. The molecule has 0 spiro atoms. The molecule has 2 aromatic rings. The van der Waals surface area contributed by atoms with Crippen molar-refractivity contribution < 1.29 is 13.2 Å². The van der Waals surface area contributed by atoms with E-state index in [0.29, 0.717) is 31.7 Å². The highest BCUT2D eigenvalue weighted by molar-refractivity contribution is 7.89. The van der Waals surface area contributed by atoms with Crippen LogP contribution in [0.15, 0.2) is 41.6 Å². The number of hydrogen-bond donors (Lipinski definition) is 1. The summed E-state index contributed by atoms with van der Waals surface area (Å²) in [7, 11) is -3.47. The van der Waals surface area contributed by atoms with Gasteiger partial charge in [0.2, 0.25) is 15.9 Å². The molecule has 3 rings (SSSR count). The number of aromatic nitrogens is 2. The molecule has 1 aliphatic rings. The molecule has 0 aliphatic carbocycles. The third kappa shape index (κ3) is 5.17. The number of benzene rings is 1. The van der Waals surface area contributed by atoms with Gasteiger partial charge in [-0.15, -0.1) is 0 Å². The van der Waals surface area contributed by atoms with Crippen LogP contribution in [0.25, 0.3) is 0 Å². The topological polar surface area (TPSA) is 84.3 Å². The SMILES string of the molecule is Cc1cnn(CCC(=O)Nc2ccc(S(=O)(=O)N3CCCCCC3)cc2)c1. The summed E-state index contributed by atoms with van der Waals surface area (Å²) < 4.78 is 28.8. The zero-order valence-corrected chi connectivity index (χ0v) is 16.4. The molecule has 1 aromatic carbocycles. The van der Waals surface area contributed by atoms with E-state index >= 15 is 0 Å². The largest absolute Gasteiger partial charge is 0.326 e. The first-order valence-electron chi connectivity index (χ1n) is 9.34. The first-order valence-corrected chi connectivity index (χ1v) is 10.8. The Labute approximate surface area is 160 Å². The summed E-state index contributed by atoms with van der Waals surface area (Å²) in [6, 6.07) is 6.40. The number of aryl methyl sites for hydroxylation is 2. The predicted octanol–water partition coefficient (Wildman–Crippen LogP) is 2.79. The molecule has 1 fully saturated rings. The minimum Gasteiger partial charge on any atom is -0.326 e. The van der Waals surface area contributed by atoms with Gasteiger partial charge in [0, 0.05) is 37.9 Å². The minimum atomic E-state index is -3.47. The van der Waals surface area contributed by atoms with Crippen molar-refractivity contribution in [3.8, 4) is 0 Å². The fourth-order valence-electron chi connectivity index (χ4n) is 3.17. The molecule has 7 nitrogen and oxygen atoms in total. The summed E-state index contributed by atoms with van der Waals surface area (Å²) in [5.41, 5.74) is 1.64. The highest BCUT2D eigenvalue weighted by atomic mass is 32.2. The van der Waals surface area contributed by atoms with Gasteiger partial charge in [0.05, 0.1) is 11.1 Å². The molecule has 146 valence electrons. The van der Waals surface area contributed by atoms with Gasteiger partial charge in [0.15, 0.2) is 0 Å². The van der Waals surface area contributed by atoms with Crippen LogP contribution in [-0.4, -0.2) is 41.5 Å². The van der Waals surface area contributed by atoms with Crippen LogP contribution in [0.3, 0.4) is 0 Å². The summed E-state index contributed by atoms with van der Waals surface area (Å²) in [4.78, 5) is 12.4. The van der Waals surface area contributed by atoms with Crippen molar-refractivity contribution in [1.29, 1.82) is 0 Å². The fourth-order valence-corrected chi connectivity index (χ4v) is 4.69. The average Bonchev–Trinajstić information content (AvgIpc) is 2.89. The van der Waals surface area contributed by atoms with Crippen LogP contribution < -0.4 is 5.32 Å². The van der Waals surface area contributed by atoms with Gasteiger partial charge in [-0.05, 0) is 49.6 Å². The number of nitrogens with one attached hydrogen (secondary N) is 1. The van der Waals surface area contributed by atoms with E-state index in [2.05, 4.69) is 10.4 Å². The Morgan fingerprint density at radius 2 is 1.78 bits per heavy atom. The normalized spacial score (nSPS) is 16.0. The Balaban J connectivity index is 1.58. The number of nitrogens with zero attached hydrogens (tertiary/aromatic N) is 3. The van der Waals surface area contributed by atoms with Crippen LogP contribution in [0.4, 0.5) is 5.69 Å². The molecule has 1 saturated heterocycles. The van der Waals surface area contributed by atoms with Crippen molar-refractivity contribution in [2.24, 2.45) is 0 Å². The van der Waals surface area contributed by atoms with Crippen molar-refractivity contribution in [3.05, 3.63) is 42.2 Å². The quantitative estimate of drug-likeness (QED) is 0.822. The molecule has 0 bridgehead atoms. The number of hydrogen-bond acceptors (Lipinski definition) is 4. The number of sulfonamides is 1. The first-order chi connectivity index (χ1) is 12.9. The van der Waals surface area contributed by atoms with Crippen LogP contribution in [0.5, 0.6) is 0 Å². The van der Waals surface area contributed by atoms with E-state index in [4.69, 9.17) is 0 Å². The summed E-state index contributed by atoms with van der Waals surface area (Å²) in [6.45, 7) is 3.60. The summed E-state index contributed by atoms with van der Waals surface area (Å²) >= 11 is 0. The molecular formula is C19H26N4O3S. The van der Waals surface area contributed by atoms with E-state index in [1.807, 2.05) is 13.1 Å². The van der Waals surface area contributed by atoms with Gasteiger partial charge in [-0.2, -0.15) is 9.40 Å². The van der Waals surface area contributed by atoms with Crippen molar-refractivity contribution in [1.82, 2.24) is 14.1 Å². The van der Waals surface area contributed by atoms with Crippen LogP contribution in [-0.2, 0) is 21.4 Å². The van der Waals surface area contributed by atoms with Gasteiger partial charge in [-0.25, -0.2) is 8.42 Å². The van der Waals surface area contributed by atoms with Crippen LogP contribution in [0, 0.1) is 6.92 Å². The highest BCUT2D eigenvalue weighted by Crippen LogP contribution is 2.21. The lowest BCUT2D eigenvalue weighted by Crippen LogP contribution is -2.31. The molecule has 27 heavy (non-hydrogen) atoms. The number of carbonyl (C=O) groups excluding carboxylic acids is 1. The molecule has 2 heterocycles. The second-order valence-corrected chi connectivity index (χ2v) is 8.86. The second kappa shape index (κ2) is 8.67. The Kier molecular flexibility index (Phi) is 6.28. The predicted molar refractivity (Wildman–Crippen MR) is 104 cm³/mol. The summed E-state index contributed by atoms with van der Waals surface area (Å²) in [6.07, 6.45) is 7.91. The van der Waals surface area contributed by atoms with E-state index in [9.17, 15) is 13.2 Å². The standard InChI is InChI=1S/C19H26N4O3S/c1-16-14-20-22(15-16)13-10-19(24)21-17-6-8-18(9-7-17)27(25,26)23-11-4-2-3-5-12-23/h6-9,14-15H,2-5,10-13H2,1H3,(H,21,24). The van der Waals surface area contributed by atoms with Crippen molar-refractivity contribution in [3.63, 3.8) is 0 Å². The number of rotatable bonds is 6. The van der Waals surface area contributed by atoms with E-state index in [1.54, 1.807) is 39.4 Å². The number of carbonyl (C=O) groups is 1. The lowest BCUT2D eigenvalue weighted by atomic mass is 10.2. The summed E-state index contributed by atoms with van der Waals surface area (Å²) in [5, 5.41) is 6.95. The third-order valence-electron chi connectivity index (χ3n) is 4.67. The molecule has 1 amide bonds. The number of anilines is 1. The van der Waals surface area contributed by atoms with E-state index < -0.39 is 10.0 Å². The van der Waals surface area contributed by atoms with Crippen molar-refractivity contribution in [2.75, 3.05) is 18.4 Å². The maximum Gasteiger partial charge on any atom is 0.243 e. The Bertz CT molecular complexity index is 867. The Morgan fingerprint density at radius 1 is 1.11 bits per heavy atom. The third-order valence-corrected chi connectivity index (χ3v) is 6.58. The zero-order chi connectivity index (χ0) is 19.3. The minimum absolute atomic E-state index is 0.133. The van der Waals surface area contributed by atoms with Crippen molar-refractivity contribution >= 4 is 21.6 Å². The van der Waals surface area contributed by atoms with E-state index in [-0.39, 0.29) is 10.8 Å². The zero-order valence-electron chi connectivity index (χ0n) is 15.6. The highest BCUT2D eigenvalue weighted by Gasteiger charge is 2.24. The molecule has 0 atom stereocenters. The molecule has 0 saturated carbocycles. The second-order valence-electron chi connectivity index (χ2n) is 6.92. The van der Waals surface area contributed by atoms with Crippen LogP contribution in [0.1, 0.15) is 37.7 Å². The molecular weight excluding hydrogens is 364 g/mol. The van der Waals surface area contributed by atoms with Gasteiger partial charge >= 0.3 is 0 Å². The van der Waals surface area contributed by atoms with Gasteiger partial charge in [0.1, 0.15) is 0 Å². The molecule has 8 heteroatoms. The average molecular weight is 391 g/mol. The van der Waals surface area contributed by atoms with Crippen LogP contribution >= 0.6 is 0 Å². The van der Waals surface area contributed by atoms with E-state index in [1.165, 1.54) is 0 Å². The van der Waals surface area contributed by atoms with Crippen LogP contribution in [0.2, 0.25) is 0 Å². The lowest BCUT2D eigenvalue weighted by molar-refractivity contribution is -0.116. The molecule has 1 aromatic heterocycles. The molecule has 1 aliphatic heterocycles. The van der Waals surface area contributed by atoms with Gasteiger partial charge in [0.25, 0.3) is 0 Å². The van der Waals surface area contributed by atoms with Gasteiger partial charge < -0.3 is 5.32 Å². The Morgan fingerprint density at radius 3 is 2.37 bits per heavy atom. The fraction of sp³-hybridized carbons (Fsp3) is 0.474. The maximum absolute atomic E-state index is 12.8. The Hall–Kier alpha value is -2.19. The maximum atomic E-state index is 12.8. The lowest BCUT2D eigenvalue weighted by Gasteiger charge is -2.20. The van der Waals surface area contributed by atoms with Gasteiger partial charge in [-0.1, -0.05) is 12.8 Å². The van der Waals surface area contributed by atoms with Gasteiger partial charge in [-0.3, -0.25) is 9.48 Å². The smallest absolute Gasteiger partial charge is 0.243 e. The summed E-state index contributed by atoms with van der Waals surface area (Å²) in [5.74, 6) is -0.133. The molecule has 1 N–H and O–H groups in total.